The Morgan fingerprint density at radius 2 is 1.00 bits per heavy atom. The maximum Gasteiger partial charge on any atom is -0.00205 e. The van der Waals surface area contributed by atoms with E-state index in [9.17, 15) is 0 Å². The van der Waals surface area contributed by atoms with E-state index in [4.69, 9.17) is 0 Å². The molecule has 0 N–H and O–H groups in total. The van der Waals surface area contributed by atoms with Crippen LogP contribution in [0.2, 0.25) is 0 Å². The molecule has 17 heavy (non-hydrogen) atoms. The van der Waals surface area contributed by atoms with Crippen molar-refractivity contribution >= 4 is 0 Å². The molecule has 0 heterocycles. The molecule has 0 amide bonds. The highest BCUT2D eigenvalue weighted by Crippen LogP contribution is 2.16. The summed E-state index contributed by atoms with van der Waals surface area (Å²) in [6.07, 6.45) is 1.04. The molecule has 2 rings (SSSR count). The van der Waals surface area contributed by atoms with Crippen LogP contribution in [0.25, 0.3) is 0 Å². The van der Waals surface area contributed by atoms with Gasteiger partial charge in [0.1, 0.15) is 0 Å². The van der Waals surface area contributed by atoms with Gasteiger partial charge in [0.25, 0.3) is 0 Å². The van der Waals surface area contributed by atoms with Crippen LogP contribution in [0.4, 0.5) is 0 Å². The lowest BCUT2D eigenvalue weighted by Crippen LogP contribution is -1.93. The lowest BCUT2D eigenvalue weighted by Gasteiger charge is -2.07. The van der Waals surface area contributed by atoms with Gasteiger partial charge >= 0.3 is 0 Å². The monoisotopic (exact) mass is 226 g/mol. The third-order valence-electron chi connectivity index (χ3n) is 2.90. The van der Waals surface area contributed by atoms with E-state index in [0.29, 0.717) is 0 Å². The zero-order chi connectivity index (χ0) is 12.7. The van der Waals surface area contributed by atoms with Gasteiger partial charge in [0.2, 0.25) is 0 Å². The topological polar surface area (TPSA) is 0 Å². The highest BCUT2D eigenvalue weighted by molar-refractivity contribution is 5.35. The number of rotatable bonds is 2. The minimum Gasteiger partial charge on any atom is -0.0683 e. The Bertz CT molecular complexity index is 412. The van der Waals surface area contributed by atoms with Gasteiger partial charge in [0, 0.05) is 0 Å². The first kappa shape index (κ1) is 13.5. The molecule has 2 aromatic carbocycles. The summed E-state index contributed by atoms with van der Waals surface area (Å²) in [5, 5.41) is 0. The smallest absolute Gasteiger partial charge is 0.00205 e. The van der Waals surface area contributed by atoms with Crippen molar-refractivity contribution in [3.63, 3.8) is 0 Å². The minimum absolute atomic E-state index is 1.04. The van der Waals surface area contributed by atoms with Crippen molar-refractivity contribution in [2.24, 2.45) is 0 Å². The first-order chi connectivity index (χ1) is 8.27. The van der Waals surface area contributed by atoms with Gasteiger partial charge in [-0.25, -0.2) is 0 Å². The van der Waals surface area contributed by atoms with Gasteiger partial charge in [-0.2, -0.15) is 0 Å². The van der Waals surface area contributed by atoms with Crippen molar-refractivity contribution in [1.82, 2.24) is 0 Å². The van der Waals surface area contributed by atoms with E-state index in [2.05, 4.69) is 62.4 Å². The molecule has 0 aliphatic carbocycles. The van der Waals surface area contributed by atoms with Gasteiger partial charge in [-0.15, -0.1) is 0 Å². The predicted molar refractivity (Wildman–Crippen MR) is 76.5 cm³/mol. The molecule has 90 valence electrons. The lowest BCUT2D eigenvalue weighted by atomic mass is 9.98. The summed E-state index contributed by atoms with van der Waals surface area (Å²) in [7, 11) is 0. The molecule has 0 aliphatic heterocycles. The second-order valence-corrected chi connectivity index (χ2v) is 4.03. The van der Waals surface area contributed by atoms with Crippen molar-refractivity contribution in [1.29, 1.82) is 0 Å². The van der Waals surface area contributed by atoms with Crippen molar-refractivity contribution in [2.75, 3.05) is 0 Å². The number of hydrogen-bond acceptors (Lipinski definition) is 0. The van der Waals surface area contributed by atoms with E-state index < -0.39 is 0 Å². The summed E-state index contributed by atoms with van der Waals surface area (Å²) >= 11 is 0. The van der Waals surface area contributed by atoms with Crippen LogP contribution in [-0.2, 0) is 6.42 Å². The summed E-state index contributed by atoms with van der Waals surface area (Å²) in [4.78, 5) is 0. The Kier molecular flexibility index (Phi) is 5.48. The largest absolute Gasteiger partial charge is 0.0683 e. The van der Waals surface area contributed by atoms with Crippen molar-refractivity contribution in [2.45, 2.75) is 34.1 Å². The van der Waals surface area contributed by atoms with Crippen LogP contribution < -0.4 is 0 Å². The Hall–Kier alpha value is -1.56. The quantitative estimate of drug-likeness (QED) is 0.681. The zero-order valence-corrected chi connectivity index (χ0v) is 11.3. The van der Waals surface area contributed by atoms with Crippen LogP contribution in [0.15, 0.2) is 48.5 Å². The summed E-state index contributed by atoms with van der Waals surface area (Å²) < 4.78 is 0. The summed E-state index contributed by atoms with van der Waals surface area (Å²) in [6, 6.07) is 17.2. The van der Waals surface area contributed by atoms with Crippen LogP contribution in [0, 0.1) is 13.8 Å². The molecule has 0 bridgehead atoms. The number of aryl methyl sites for hydroxylation is 2. The molecule has 0 saturated heterocycles. The first-order valence-electron chi connectivity index (χ1n) is 6.36. The molecule has 0 atom stereocenters. The molecule has 0 spiro atoms. The SMILES string of the molecule is CC.Cc1ccccc1Cc1ccccc1C. The molecular weight excluding hydrogens is 204 g/mol. The standard InChI is InChI=1S/C15H16.C2H6/c1-12-7-3-5-9-14(12)11-15-10-6-4-8-13(15)2;1-2/h3-10H,11H2,1-2H3;1-2H3. The maximum absolute atomic E-state index is 2.21. The van der Waals surface area contributed by atoms with Gasteiger partial charge in [-0.05, 0) is 42.5 Å². The summed E-state index contributed by atoms with van der Waals surface area (Å²) in [6.45, 7) is 8.35. The molecule has 0 fully saturated rings. The fraction of sp³-hybridized carbons (Fsp3) is 0.294. The van der Waals surface area contributed by atoms with Crippen molar-refractivity contribution in [3.05, 3.63) is 70.8 Å². The van der Waals surface area contributed by atoms with Crippen LogP contribution in [0.3, 0.4) is 0 Å². The third-order valence-corrected chi connectivity index (χ3v) is 2.90. The highest BCUT2D eigenvalue weighted by Gasteiger charge is 2.01. The van der Waals surface area contributed by atoms with Gasteiger partial charge < -0.3 is 0 Å². The van der Waals surface area contributed by atoms with Crippen molar-refractivity contribution < 1.29 is 0 Å². The molecule has 0 unspecified atom stereocenters. The van der Waals surface area contributed by atoms with Crippen LogP contribution in [-0.4, -0.2) is 0 Å². The first-order valence-corrected chi connectivity index (χ1v) is 6.36. The van der Waals surface area contributed by atoms with Gasteiger partial charge in [0.15, 0.2) is 0 Å². The number of benzene rings is 2. The lowest BCUT2D eigenvalue weighted by molar-refractivity contribution is 1.13. The molecule has 0 aromatic heterocycles. The summed E-state index contributed by atoms with van der Waals surface area (Å²) in [5.41, 5.74) is 5.60. The Morgan fingerprint density at radius 1 is 0.647 bits per heavy atom. The fourth-order valence-corrected chi connectivity index (χ4v) is 1.82. The highest BCUT2D eigenvalue weighted by atomic mass is 14.1. The van der Waals surface area contributed by atoms with Gasteiger partial charge in [-0.1, -0.05) is 62.4 Å². The molecule has 0 radical (unpaired) electrons. The maximum atomic E-state index is 2.21. The molecule has 0 heteroatoms. The molecule has 0 nitrogen and oxygen atoms in total. The fourth-order valence-electron chi connectivity index (χ4n) is 1.82. The average molecular weight is 226 g/mol. The molecule has 0 saturated carbocycles. The Labute approximate surface area is 105 Å². The van der Waals surface area contributed by atoms with E-state index in [-0.39, 0.29) is 0 Å². The number of hydrogen-bond donors (Lipinski definition) is 0. The van der Waals surface area contributed by atoms with Gasteiger partial charge in [-0.3, -0.25) is 0 Å². The second kappa shape index (κ2) is 6.90. The van der Waals surface area contributed by atoms with E-state index in [1.54, 1.807) is 0 Å². The van der Waals surface area contributed by atoms with E-state index >= 15 is 0 Å². The van der Waals surface area contributed by atoms with E-state index in [0.717, 1.165) is 6.42 Å². The predicted octanol–water partition coefficient (Wildman–Crippen LogP) is 4.92. The Morgan fingerprint density at radius 3 is 1.35 bits per heavy atom. The van der Waals surface area contributed by atoms with Crippen LogP contribution in [0.1, 0.15) is 36.1 Å². The molecule has 2 aromatic rings. The van der Waals surface area contributed by atoms with Gasteiger partial charge in [0.05, 0.1) is 0 Å². The molecule has 0 aliphatic rings. The van der Waals surface area contributed by atoms with E-state index in [1.165, 1.54) is 22.3 Å². The summed E-state index contributed by atoms with van der Waals surface area (Å²) in [5.74, 6) is 0. The second-order valence-electron chi connectivity index (χ2n) is 4.03. The zero-order valence-electron chi connectivity index (χ0n) is 11.3. The molecular formula is C17H22. The van der Waals surface area contributed by atoms with Crippen molar-refractivity contribution in [3.8, 4) is 0 Å². The minimum atomic E-state index is 1.04. The Balaban J connectivity index is 0.000000686. The van der Waals surface area contributed by atoms with E-state index in [1.807, 2.05) is 13.8 Å². The normalized spacial score (nSPS) is 9.41. The van der Waals surface area contributed by atoms with Crippen LogP contribution >= 0.6 is 0 Å². The van der Waals surface area contributed by atoms with Crippen LogP contribution in [0.5, 0.6) is 0 Å². The third kappa shape index (κ3) is 3.74. The average Bonchev–Trinajstić information content (AvgIpc) is 2.37.